The Kier molecular flexibility index (Phi) is 13.6. The maximum Gasteiger partial charge on any atom is 0.298 e. The van der Waals surface area contributed by atoms with Gasteiger partial charge in [0.05, 0.1) is 51.0 Å². The van der Waals surface area contributed by atoms with E-state index in [2.05, 4.69) is 25.5 Å². The lowest BCUT2D eigenvalue weighted by Gasteiger charge is -2.33. The van der Waals surface area contributed by atoms with Gasteiger partial charge in [-0.2, -0.15) is 4.98 Å². The van der Waals surface area contributed by atoms with Gasteiger partial charge in [-0.1, -0.05) is 20.8 Å². The van der Waals surface area contributed by atoms with Gasteiger partial charge in [0, 0.05) is 45.3 Å². The van der Waals surface area contributed by atoms with E-state index in [-0.39, 0.29) is 31.6 Å². The molecule has 15 nitrogen and oxygen atoms in total. The molecule has 0 aliphatic carbocycles. The Labute approximate surface area is 292 Å². The molecule has 3 N–H and O–H groups in total. The van der Waals surface area contributed by atoms with Gasteiger partial charge in [-0.25, -0.2) is 0 Å². The van der Waals surface area contributed by atoms with Crippen LogP contribution in [0.5, 0.6) is 11.5 Å². The Hall–Kier alpha value is -4.02. The number of rotatable bonds is 18. The van der Waals surface area contributed by atoms with Crippen LogP contribution in [-0.4, -0.2) is 129 Å². The predicted molar refractivity (Wildman–Crippen MR) is 184 cm³/mol. The molecule has 274 valence electrons. The molecule has 2 saturated heterocycles. The number of oxazole rings is 1. The molecule has 0 unspecified atom stereocenters. The van der Waals surface area contributed by atoms with Crippen LogP contribution in [-0.2, 0) is 30.4 Å². The van der Waals surface area contributed by atoms with Gasteiger partial charge >= 0.3 is 0 Å². The second-order valence-electron chi connectivity index (χ2n) is 13.4. The number of hydrogen-bond donors (Lipinski definition) is 3. The van der Waals surface area contributed by atoms with Crippen molar-refractivity contribution < 1.29 is 42.8 Å². The lowest BCUT2D eigenvalue weighted by Crippen LogP contribution is -2.55. The van der Waals surface area contributed by atoms with Crippen molar-refractivity contribution >= 4 is 28.9 Å². The van der Waals surface area contributed by atoms with E-state index in [0.717, 1.165) is 43.0 Å². The lowest BCUT2D eigenvalue weighted by molar-refractivity contribution is -0.140. The predicted octanol–water partition coefficient (Wildman–Crippen LogP) is 1.76. The highest BCUT2D eigenvalue weighted by Crippen LogP contribution is 2.27. The molecule has 2 fully saturated rings. The van der Waals surface area contributed by atoms with Gasteiger partial charge in [-0.05, 0) is 36.1 Å². The van der Waals surface area contributed by atoms with Crippen LogP contribution in [0.2, 0.25) is 0 Å². The summed E-state index contributed by atoms with van der Waals surface area (Å²) in [6.07, 6.45) is 1.69. The van der Waals surface area contributed by atoms with Crippen LogP contribution in [0, 0.1) is 5.41 Å². The summed E-state index contributed by atoms with van der Waals surface area (Å²) in [7, 11) is 0. The first-order valence-corrected chi connectivity index (χ1v) is 17.2. The highest BCUT2D eigenvalue weighted by molar-refractivity contribution is 5.89. The number of aliphatic hydroxyl groups excluding tert-OH is 1. The number of ether oxygens (including phenoxy) is 5. The summed E-state index contributed by atoms with van der Waals surface area (Å²) in [5.74, 6) is 0.759. The smallest absolute Gasteiger partial charge is 0.298 e. The zero-order valence-electron chi connectivity index (χ0n) is 29.2. The van der Waals surface area contributed by atoms with Crippen molar-refractivity contribution in [3.05, 3.63) is 42.2 Å². The quantitative estimate of drug-likeness (QED) is 0.165. The molecule has 5 rings (SSSR count). The van der Waals surface area contributed by atoms with E-state index >= 15 is 0 Å². The Morgan fingerprint density at radius 3 is 2.38 bits per heavy atom. The molecule has 3 aromatic rings. The van der Waals surface area contributed by atoms with Crippen molar-refractivity contribution in [2.75, 3.05) is 90.4 Å². The summed E-state index contributed by atoms with van der Waals surface area (Å²) in [5.41, 5.74) is 1.77. The van der Waals surface area contributed by atoms with Gasteiger partial charge in [0.2, 0.25) is 11.8 Å². The molecule has 15 heteroatoms. The van der Waals surface area contributed by atoms with Gasteiger partial charge in [0.1, 0.15) is 42.9 Å². The van der Waals surface area contributed by atoms with Gasteiger partial charge in [0.25, 0.3) is 6.01 Å². The average molecular weight is 699 g/mol. The molecule has 2 atom stereocenters. The number of likely N-dealkylation sites (tertiary alicyclic amines) is 1. The summed E-state index contributed by atoms with van der Waals surface area (Å²) in [5, 5.41) is 15.9. The van der Waals surface area contributed by atoms with Crippen molar-refractivity contribution in [3.8, 4) is 11.5 Å². The molecule has 0 bridgehead atoms. The van der Waals surface area contributed by atoms with E-state index in [1.165, 1.54) is 0 Å². The summed E-state index contributed by atoms with van der Waals surface area (Å²) >= 11 is 0. The van der Waals surface area contributed by atoms with Crippen molar-refractivity contribution in [1.82, 2.24) is 25.5 Å². The number of benzene rings is 1. The highest BCUT2D eigenvalue weighted by Gasteiger charge is 2.37. The fraction of sp³-hybridized carbons (Fsp3) is 0.600. The van der Waals surface area contributed by atoms with Gasteiger partial charge in [-0.3, -0.25) is 14.6 Å². The van der Waals surface area contributed by atoms with Crippen molar-refractivity contribution in [1.29, 1.82) is 0 Å². The fourth-order valence-corrected chi connectivity index (χ4v) is 5.51. The number of carbonyl (C=O) groups excluding carboxylic acids is 2. The number of anilines is 1. The average Bonchev–Trinajstić information content (AvgIpc) is 3.75. The first-order valence-electron chi connectivity index (χ1n) is 17.2. The molecule has 50 heavy (non-hydrogen) atoms. The molecule has 4 heterocycles. The maximum atomic E-state index is 12.9. The molecule has 2 aliphatic rings. The fourth-order valence-electron chi connectivity index (χ4n) is 5.51. The number of fused-ring (bicyclic) bond motifs is 1. The number of aromatic nitrogens is 2. The van der Waals surface area contributed by atoms with Gasteiger partial charge in [0.15, 0.2) is 5.58 Å². The van der Waals surface area contributed by atoms with E-state index in [9.17, 15) is 14.7 Å². The molecule has 0 spiro atoms. The van der Waals surface area contributed by atoms with E-state index in [1.54, 1.807) is 11.1 Å². The third kappa shape index (κ3) is 11.3. The number of amides is 2. The van der Waals surface area contributed by atoms with Gasteiger partial charge < -0.3 is 53.6 Å². The van der Waals surface area contributed by atoms with Crippen LogP contribution >= 0.6 is 0 Å². The SMILES string of the molecule is CC(C)(C)[C@H](NC(=O)COCCOCCOCCOc1ccc(COc2ccc3oc(N4CCNCC4)nc3c2)nc1)C(=O)N1CC[C@@H](O)C1. The summed E-state index contributed by atoms with van der Waals surface area (Å²) in [6, 6.07) is 9.25. The van der Waals surface area contributed by atoms with Crippen molar-refractivity contribution in [2.24, 2.45) is 5.41 Å². The number of hydrogen-bond acceptors (Lipinski definition) is 13. The first-order chi connectivity index (χ1) is 24.2. The minimum Gasteiger partial charge on any atom is -0.490 e. The number of β-amino-alcohol motifs (C(OH)–C–C–N with tert-alkyl or cyclic N) is 1. The molecule has 2 aliphatic heterocycles. The first kappa shape index (κ1) is 37.2. The maximum absolute atomic E-state index is 12.9. The van der Waals surface area contributed by atoms with E-state index in [1.807, 2.05) is 51.1 Å². The van der Waals surface area contributed by atoms with Crippen LogP contribution in [0.15, 0.2) is 40.9 Å². The monoisotopic (exact) mass is 698 g/mol. The second kappa shape index (κ2) is 18.3. The highest BCUT2D eigenvalue weighted by atomic mass is 16.6. The number of aliphatic hydroxyl groups is 1. The normalized spacial score (nSPS) is 17.2. The van der Waals surface area contributed by atoms with Crippen LogP contribution in [0.4, 0.5) is 6.01 Å². The number of pyridine rings is 1. The minimum atomic E-state index is -0.707. The van der Waals surface area contributed by atoms with E-state index in [0.29, 0.717) is 70.1 Å². The molecule has 0 radical (unpaired) electrons. The zero-order chi connectivity index (χ0) is 35.3. The Morgan fingerprint density at radius 2 is 1.70 bits per heavy atom. The van der Waals surface area contributed by atoms with Gasteiger partial charge in [-0.15, -0.1) is 0 Å². The lowest BCUT2D eigenvalue weighted by atomic mass is 9.85. The Morgan fingerprint density at radius 1 is 0.980 bits per heavy atom. The second-order valence-corrected chi connectivity index (χ2v) is 13.4. The molecular formula is C35H50N6O9. The third-order valence-electron chi connectivity index (χ3n) is 8.29. The minimum absolute atomic E-state index is 0.180. The van der Waals surface area contributed by atoms with Crippen LogP contribution in [0.3, 0.4) is 0 Å². The molecule has 0 saturated carbocycles. The number of nitrogens with one attached hydrogen (secondary N) is 2. The summed E-state index contributed by atoms with van der Waals surface area (Å²) in [6.45, 7) is 12.2. The van der Waals surface area contributed by atoms with Crippen LogP contribution in [0.25, 0.3) is 11.1 Å². The number of nitrogens with zero attached hydrogens (tertiary/aromatic N) is 4. The molecular weight excluding hydrogens is 648 g/mol. The summed E-state index contributed by atoms with van der Waals surface area (Å²) in [4.78, 5) is 38.2. The van der Waals surface area contributed by atoms with Crippen LogP contribution in [0.1, 0.15) is 32.9 Å². The Balaban J connectivity index is 0.881. The van der Waals surface area contributed by atoms with E-state index in [4.69, 9.17) is 28.1 Å². The number of carbonyl (C=O) groups is 2. The van der Waals surface area contributed by atoms with Crippen molar-refractivity contribution in [3.63, 3.8) is 0 Å². The van der Waals surface area contributed by atoms with Crippen molar-refractivity contribution in [2.45, 2.75) is 45.9 Å². The standard InChI is InChI=1S/C35H50N6O9/c1-35(2,3)32(33(44)41-11-8-26(42)22-41)39-31(43)24-47-17-16-45-14-15-46-18-19-48-28-5-4-25(37-21-28)23-49-27-6-7-30-29(20-27)38-34(50-30)40-12-9-36-10-13-40/h4-7,20-21,26,32,36,42H,8-19,22-24H2,1-3H3,(H,39,43)/t26-,32-/m1/s1. The largest absolute Gasteiger partial charge is 0.490 e. The molecule has 2 aromatic heterocycles. The Bertz CT molecular complexity index is 1510. The van der Waals surface area contributed by atoms with E-state index < -0.39 is 17.6 Å². The topological polar surface area (TPSA) is 170 Å². The molecule has 1 aromatic carbocycles. The summed E-state index contributed by atoms with van der Waals surface area (Å²) < 4.78 is 34.1. The number of piperazine rings is 1. The third-order valence-corrected chi connectivity index (χ3v) is 8.29. The molecule has 2 amide bonds. The van der Waals surface area contributed by atoms with Crippen LogP contribution < -0.4 is 25.0 Å². The zero-order valence-corrected chi connectivity index (χ0v) is 29.2.